The molecule has 0 saturated heterocycles. The molecular formula is C15H13Br2NO3. The predicted octanol–water partition coefficient (Wildman–Crippen LogP) is 3.68. The summed E-state index contributed by atoms with van der Waals surface area (Å²) in [5.41, 5.74) is 1.02. The van der Waals surface area contributed by atoms with Gasteiger partial charge in [0.25, 0.3) is 5.56 Å². The third-order valence-corrected chi connectivity index (χ3v) is 4.46. The number of halogens is 2. The molecule has 0 amide bonds. The molecular weight excluding hydrogens is 402 g/mol. The number of hydrogen-bond acceptors (Lipinski definition) is 2. The highest BCUT2D eigenvalue weighted by Gasteiger charge is 2.14. The van der Waals surface area contributed by atoms with Crippen molar-refractivity contribution in [2.45, 2.75) is 19.9 Å². The molecule has 2 aromatic rings. The van der Waals surface area contributed by atoms with Crippen molar-refractivity contribution in [1.82, 2.24) is 4.57 Å². The van der Waals surface area contributed by atoms with Gasteiger partial charge in [-0.1, -0.05) is 38.8 Å². The summed E-state index contributed by atoms with van der Waals surface area (Å²) < 4.78 is 3.29. The summed E-state index contributed by atoms with van der Waals surface area (Å²) in [4.78, 5) is 23.5. The largest absolute Gasteiger partial charge is 0.477 e. The number of hydrogen-bond donors (Lipinski definition) is 1. The summed E-state index contributed by atoms with van der Waals surface area (Å²) in [5.74, 6) is -1.20. The second kappa shape index (κ2) is 6.58. The van der Waals surface area contributed by atoms with Gasteiger partial charge in [0.2, 0.25) is 0 Å². The highest BCUT2D eigenvalue weighted by atomic mass is 79.9. The van der Waals surface area contributed by atoms with Gasteiger partial charge in [0, 0.05) is 14.6 Å². The SMILES string of the molecule is CCc1ccc(C(=O)O)c(=O)n1Cc1cc(Br)ccc1Br. The number of rotatable bonds is 4. The van der Waals surface area contributed by atoms with E-state index in [-0.39, 0.29) is 5.56 Å². The van der Waals surface area contributed by atoms with Gasteiger partial charge in [0.05, 0.1) is 6.54 Å². The first-order valence-electron chi connectivity index (χ1n) is 6.34. The lowest BCUT2D eigenvalue weighted by molar-refractivity contribution is 0.0694. The molecule has 1 aromatic carbocycles. The van der Waals surface area contributed by atoms with E-state index in [9.17, 15) is 9.59 Å². The van der Waals surface area contributed by atoms with E-state index in [1.54, 1.807) is 6.07 Å². The Morgan fingerprint density at radius 3 is 2.57 bits per heavy atom. The van der Waals surface area contributed by atoms with E-state index in [1.807, 2.05) is 25.1 Å². The van der Waals surface area contributed by atoms with Crippen LogP contribution in [-0.4, -0.2) is 15.6 Å². The first-order chi connectivity index (χ1) is 9.93. The van der Waals surface area contributed by atoms with Crippen LogP contribution in [0.1, 0.15) is 28.5 Å². The highest BCUT2D eigenvalue weighted by Crippen LogP contribution is 2.22. The minimum absolute atomic E-state index is 0.210. The van der Waals surface area contributed by atoms with E-state index in [0.29, 0.717) is 13.0 Å². The first kappa shape index (κ1) is 16.0. The average molecular weight is 415 g/mol. The lowest BCUT2D eigenvalue weighted by Crippen LogP contribution is -2.29. The number of carboxylic acid groups (broad SMARTS) is 1. The van der Waals surface area contributed by atoms with Crippen LogP contribution >= 0.6 is 31.9 Å². The summed E-state index contributed by atoms with van der Waals surface area (Å²) >= 11 is 6.85. The Morgan fingerprint density at radius 2 is 1.95 bits per heavy atom. The van der Waals surface area contributed by atoms with Crippen molar-refractivity contribution in [3.05, 3.63) is 66.5 Å². The summed E-state index contributed by atoms with van der Waals surface area (Å²) in [6.07, 6.45) is 0.654. The molecule has 0 unspecified atom stereocenters. The molecule has 0 atom stereocenters. The number of benzene rings is 1. The number of pyridine rings is 1. The Balaban J connectivity index is 2.57. The van der Waals surface area contributed by atoms with Crippen LogP contribution in [0.5, 0.6) is 0 Å². The maximum absolute atomic E-state index is 12.3. The Morgan fingerprint density at radius 1 is 1.24 bits per heavy atom. The van der Waals surface area contributed by atoms with E-state index >= 15 is 0 Å². The fraction of sp³-hybridized carbons (Fsp3) is 0.200. The second-order valence-electron chi connectivity index (χ2n) is 4.52. The number of carbonyl (C=O) groups is 1. The fourth-order valence-corrected chi connectivity index (χ4v) is 2.88. The molecule has 6 heteroatoms. The van der Waals surface area contributed by atoms with Crippen molar-refractivity contribution in [1.29, 1.82) is 0 Å². The van der Waals surface area contributed by atoms with E-state index < -0.39 is 11.5 Å². The maximum Gasteiger partial charge on any atom is 0.341 e. The molecule has 0 aliphatic heterocycles. The molecule has 110 valence electrons. The molecule has 0 bridgehead atoms. The molecule has 0 fully saturated rings. The normalized spacial score (nSPS) is 10.6. The second-order valence-corrected chi connectivity index (χ2v) is 6.29. The molecule has 0 radical (unpaired) electrons. The zero-order valence-electron chi connectivity index (χ0n) is 11.3. The van der Waals surface area contributed by atoms with E-state index in [0.717, 1.165) is 20.2 Å². The van der Waals surface area contributed by atoms with Crippen LogP contribution < -0.4 is 5.56 Å². The van der Waals surface area contributed by atoms with E-state index in [4.69, 9.17) is 5.11 Å². The molecule has 1 aromatic heterocycles. The third-order valence-electron chi connectivity index (χ3n) is 3.19. The van der Waals surface area contributed by atoms with Crippen LogP contribution in [0.15, 0.2) is 44.1 Å². The van der Waals surface area contributed by atoms with Gasteiger partial charge in [-0.15, -0.1) is 0 Å². The van der Waals surface area contributed by atoms with Crippen LogP contribution in [0.3, 0.4) is 0 Å². The van der Waals surface area contributed by atoms with Crippen LogP contribution in [-0.2, 0) is 13.0 Å². The zero-order valence-corrected chi connectivity index (χ0v) is 14.4. The topological polar surface area (TPSA) is 59.3 Å². The smallest absolute Gasteiger partial charge is 0.341 e. The summed E-state index contributed by atoms with van der Waals surface area (Å²) in [6.45, 7) is 2.25. The minimum atomic E-state index is -1.20. The van der Waals surface area contributed by atoms with Crippen molar-refractivity contribution in [3.8, 4) is 0 Å². The number of aromatic nitrogens is 1. The van der Waals surface area contributed by atoms with Gasteiger partial charge in [0.15, 0.2) is 0 Å². The van der Waals surface area contributed by atoms with Crippen molar-refractivity contribution in [2.75, 3.05) is 0 Å². The Labute approximate surface area is 138 Å². The predicted molar refractivity (Wildman–Crippen MR) is 88.0 cm³/mol. The van der Waals surface area contributed by atoms with Gasteiger partial charge in [-0.25, -0.2) is 4.79 Å². The minimum Gasteiger partial charge on any atom is -0.477 e. The number of carboxylic acids is 1. The van der Waals surface area contributed by atoms with Crippen LogP contribution in [0.25, 0.3) is 0 Å². The summed E-state index contributed by atoms with van der Waals surface area (Å²) in [7, 11) is 0. The number of aromatic carboxylic acids is 1. The van der Waals surface area contributed by atoms with Gasteiger partial charge in [0.1, 0.15) is 5.56 Å². The zero-order chi connectivity index (χ0) is 15.6. The Kier molecular flexibility index (Phi) is 5.00. The number of nitrogens with zero attached hydrogens (tertiary/aromatic N) is 1. The average Bonchev–Trinajstić information content (AvgIpc) is 2.44. The molecule has 0 aliphatic carbocycles. The maximum atomic E-state index is 12.3. The molecule has 21 heavy (non-hydrogen) atoms. The van der Waals surface area contributed by atoms with Crippen LogP contribution in [0.4, 0.5) is 0 Å². The molecule has 2 rings (SSSR count). The molecule has 1 N–H and O–H groups in total. The van der Waals surface area contributed by atoms with Crippen molar-refractivity contribution in [3.63, 3.8) is 0 Å². The fourth-order valence-electron chi connectivity index (χ4n) is 2.10. The molecule has 1 heterocycles. The summed E-state index contributed by atoms with van der Waals surface area (Å²) in [5, 5.41) is 9.09. The van der Waals surface area contributed by atoms with E-state index in [1.165, 1.54) is 10.6 Å². The summed E-state index contributed by atoms with van der Waals surface area (Å²) in [6, 6.07) is 8.75. The van der Waals surface area contributed by atoms with Crippen LogP contribution in [0.2, 0.25) is 0 Å². The highest BCUT2D eigenvalue weighted by molar-refractivity contribution is 9.11. The first-order valence-corrected chi connectivity index (χ1v) is 7.92. The molecule has 0 aliphatic rings. The van der Waals surface area contributed by atoms with Gasteiger partial charge in [-0.2, -0.15) is 0 Å². The van der Waals surface area contributed by atoms with E-state index in [2.05, 4.69) is 31.9 Å². The molecule has 0 saturated carbocycles. The standard InChI is InChI=1S/C15H13Br2NO3/c1-2-11-4-5-12(15(20)21)14(19)18(11)8-9-7-10(16)3-6-13(9)17/h3-7H,2,8H2,1H3,(H,20,21). The Hall–Kier alpha value is -1.40. The van der Waals surface area contributed by atoms with Crippen molar-refractivity contribution < 1.29 is 9.90 Å². The Bertz CT molecular complexity index is 753. The van der Waals surface area contributed by atoms with Crippen LogP contribution in [0, 0.1) is 0 Å². The molecule has 4 nitrogen and oxygen atoms in total. The lowest BCUT2D eigenvalue weighted by Gasteiger charge is -2.14. The quantitative estimate of drug-likeness (QED) is 0.829. The van der Waals surface area contributed by atoms with Gasteiger partial charge >= 0.3 is 5.97 Å². The monoisotopic (exact) mass is 413 g/mol. The van der Waals surface area contributed by atoms with Gasteiger partial charge in [-0.05, 0) is 42.3 Å². The van der Waals surface area contributed by atoms with Crippen molar-refractivity contribution >= 4 is 37.8 Å². The van der Waals surface area contributed by atoms with Crippen molar-refractivity contribution in [2.24, 2.45) is 0 Å². The lowest BCUT2D eigenvalue weighted by atomic mass is 10.1. The molecule has 0 spiro atoms. The van der Waals surface area contributed by atoms with Gasteiger partial charge < -0.3 is 9.67 Å². The van der Waals surface area contributed by atoms with Gasteiger partial charge in [-0.3, -0.25) is 4.79 Å². The third kappa shape index (κ3) is 3.44. The number of aryl methyl sites for hydroxylation is 1.